The Balaban J connectivity index is 1.76. The highest BCUT2D eigenvalue weighted by atomic mass is 35.5. The van der Waals surface area contributed by atoms with Gasteiger partial charge in [0, 0.05) is 21.0 Å². The van der Waals surface area contributed by atoms with E-state index in [1.165, 1.54) is 11.8 Å². The van der Waals surface area contributed by atoms with E-state index in [2.05, 4.69) is 18.3 Å². The van der Waals surface area contributed by atoms with Crippen LogP contribution in [0, 0.1) is 6.92 Å². The number of carbonyl (C=O) groups is 1. The molecule has 0 saturated carbocycles. The molecule has 4 heteroatoms. The van der Waals surface area contributed by atoms with Gasteiger partial charge in [-0.2, -0.15) is 0 Å². The smallest absolute Gasteiger partial charge is 0.234 e. The van der Waals surface area contributed by atoms with E-state index in [0.29, 0.717) is 10.8 Å². The maximum Gasteiger partial charge on any atom is 0.234 e. The van der Waals surface area contributed by atoms with Crippen LogP contribution in [0.2, 0.25) is 5.02 Å². The Morgan fingerprint density at radius 3 is 2.56 bits per heavy atom. The zero-order chi connectivity index (χ0) is 17.8. The summed E-state index contributed by atoms with van der Waals surface area (Å²) in [5.74, 6) is 0.347. The first kappa shape index (κ1) is 17.8. The highest BCUT2D eigenvalue weighted by molar-refractivity contribution is 8.00. The molecule has 3 rings (SSSR count). The number of rotatable bonds is 5. The number of hydrogen-bond acceptors (Lipinski definition) is 2. The summed E-state index contributed by atoms with van der Waals surface area (Å²) < 4.78 is 0. The van der Waals surface area contributed by atoms with Gasteiger partial charge in [-0.3, -0.25) is 4.79 Å². The van der Waals surface area contributed by atoms with E-state index in [1.807, 2.05) is 55.5 Å². The van der Waals surface area contributed by atoms with Gasteiger partial charge in [0.05, 0.1) is 5.75 Å². The first-order valence-electron chi connectivity index (χ1n) is 8.28. The monoisotopic (exact) mass is 369 g/mol. The Kier molecular flexibility index (Phi) is 5.67. The Labute approximate surface area is 157 Å². The average molecular weight is 370 g/mol. The minimum absolute atomic E-state index is 0.00180. The predicted molar refractivity (Wildman–Crippen MR) is 109 cm³/mol. The number of nitrogens with one attached hydrogen (secondary N) is 1. The fourth-order valence-corrected chi connectivity index (χ4v) is 4.15. The van der Waals surface area contributed by atoms with Crippen LogP contribution in [0.25, 0.3) is 10.8 Å². The number of halogens is 1. The molecule has 0 aromatic heterocycles. The summed E-state index contributed by atoms with van der Waals surface area (Å²) in [5, 5.41) is 5.88. The van der Waals surface area contributed by atoms with Crippen molar-refractivity contribution in [3.8, 4) is 0 Å². The molecular formula is C21H20ClNOS. The lowest BCUT2D eigenvalue weighted by Crippen LogP contribution is -2.16. The third kappa shape index (κ3) is 4.00. The van der Waals surface area contributed by atoms with Crippen LogP contribution < -0.4 is 5.32 Å². The summed E-state index contributed by atoms with van der Waals surface area (Å²) in [4.78, 5) is 13.5. The van der Waals surface area contributed by atoms with Crippen LogP contribution in [-0.2, 0) is 11.2 Å². The minimum atomic E-state index is -0.00180. The maximum absolute atomic E-state index is 12.5. The fourth-order valence-electron chi connectivity index (χ4n) is 2.90. The number of thioether (sulfide) groups is 1. The first-order chi connectivity index (χ1) is 12.1. The van der Waals surface area contributed by atoms with E-state index in [-0.39, 0.29) is 5.91 Å². The van der Waals surface area contributed by atoms with Gasteiger partial charge in [-0.25, -0.2) is 0 Å². The molecule has 0 aliphatic heterocycles. The fraction of sp³-hybridized carbons (Fsp3) is 0.190. The average Bonchev–Trinajstić information content (AvgIpc) is 2.61. The highest BCUT2D eigenvalue weighted by Gasteiger charge is 2.11. The van der Waals surface area contributed by atoms with Crippen LogP contribution in [0.1, 0.15) is 18.1 Å². The number of aryl methyl sites for hydroxylation is 2. The summed E-state index contributed by atoms with van der Waals surface area (Å²) in [6, 6.07) is 18.0. The summed E-state index contributed by atoms with van der Waals surface area (Å²) in [6.45, 7) is 4.11. The van der Waals surface area contributed by atoms with Crippen LogP contribution in [0.15, 0.2) is 59.5 Å². The summed E-state index contributed by atoms with van der Waals surface area (Å²) in [5.41, 5.74) is 3.18. The lowest BCUT2D eigenvalue weighted by Gasteiger charge is -2.13. The molecule has 0 radical (unpaired) electrons. The molecule has 0 unspecified atom stereocenters. The number of anilines is 1. The van der Waals surface area contributed by atoms with Gasteiger partial charge < -0.3 is 5.32 Å². The Bertz CT molecular complexity index is 918. The van der Waals surface area contributed by atoms with Gasteiger partial charge in [0.15, 0.2) is 0 Å². The van der Waals surface area contributed by atoms with Crippen molar-refractivity contribution in [2.75, 3.05) is 11.1 Å². The van der Waals surface area contributed by atoms with Crippen molar-refractivity contribution in [2.45, 2.75) is 25.2 Å². The molecule has 0 saturated heterocycles. The summed E-state index contributed by atoms with van der Waals surface area (Å²) in [7, 11) is 0. The molecule has 0 bridgehead atoms. The van der Waals surface area contributed by atoms with Crippen LogP contribution in [0.5, 0.6) is 0 Å². The van der Waals surface area contributed by atoms with Gasteiger partial charge in [-0.05, 0) is 42.0 Å². The molecule has 128 valence electrons. The van der Waals surface area contributed by atoms with Crippen molar-refractivity contribution in [3.63, 3.8) is 0 Å². The molecule has 3 aromatic rings. The number of para-hydroxylation sites is 1. The van der Waals surface area contributed by atoms with Crippen molar-refractivity contribution in [2.24, 2.45) is 0 Å². The molecule has 25 heavy (non-hydrogen) atoms. The number of amides is 1. The second-order valence-electron chi connectivity index (χ2n) is 5.89. The zero-order valence-corrected chi connectivity index (χ0v) is 15.9. The van der Waals surface area contributed by atoms with Crippen LogP contribution >= 0.6 is 23.4 Å². The molecule has 0 heterocycles. The molecule has 0 aliphatic carbocycles. The van der Waals surface area contributed by atoms with Gasteiger partial charge in [-0.15, -0.1) is 11.8 Å². The Hall–Kier alpha value is -1.97. The number of carbonyl (C=O) groups excluding carboxylic acids is 1. The highest BCUT2D eigenvalue weighted by Crippen LogP contribution is 2.33. The van der Waals surface area contributed by atoms with E-state index in [1.54, 1.807) is 0 Å². The van der Waals surface area contributed by atoms with Gasteiger partial charge >= 0.3 is 0 Å². The number of benzene rings is 3. The maximum atomic E-state index is 12.5. The SMILES string of the molecule is CCc1cccc(C)c1NC(=O)CSc1cccc2cccc(Cl)c12. The minimum Gasteiger partial charge on any atom is -0.325 e. The van der Waals surface area contributed by atoms with Crippen molar-refractivity contribution in [1.29, 1.82) is 0 Å². The number of fused-ring (bicyclic) bond motifs is 1. The van der Waals surface area contributed by atoms with E-state index in [4.69, 9.17) is 11.6 Å². The number of hydrogen-bond donors (Lipinski definition) is 1. The Morgan fingerprint density at radius 2 is 1.80 bits per heavy atom. The normalized spacial score (nSPS) is 10.8. The van der Waals surface area contributed by atoms with Crippen molar-refractivity contribution in [1.82, 2.24) is 0 Å². The molecule has 0 atom stereocenters. The second-order valence-corrected chi connectivity index (χ2v) is 7.32. The molecule has 1 N–H and O–H groups in total. The topological polar surface area (TPSA) is 29.1 Å². The quantitative estimate of drug-likeness (QED) is 0.551. The largest absolute Gasteiger partial charge is 0.325 e. The molecule has 2 nitrogen and oxygen atoms in total. The molecule has 0 spiro atoms. The van der Waals surface area contributed by atoms with Crippen LogP contribution in [0.4, 0.5) is 5.69 Å². The Morgan fingerprint density at radius 1 is 1.08 bits per heavy atom. The van der Waals surface area contributed by atoms with Crippen molar-refractivity contribution >= 4 is 45.7 Å². The molecule has 3 aromatic carbocycles. The van der Waals surface area contributed by atoms with E-state index < -0.39 is 0 Å². The lowest BCUT2D eigenvalue weighted by atomic mass is 10.1. The summed E-state index contributed by atoms with van der Waals surface area (Å²) in [6.07, 6.45) is 0.892. The van der Waals surface area contributed by atoms with Crippen LogP contribution in [-0.4, -0.2) is 11.7 Å². The molecule has 0 aliphatic rings. The molecule has 0 fully saturated rings. The third-order valence-corrected chi connectivity index (χ3v) is 5.55. The van der Waals surface area contributed by atoms with E-state index in [9.17, 15) is 4.79 Å². The van der Waals surface area contributed by atoms with Gasteiger partial charge in [0.2, 0.25) is 5.91 Å². The van der Waals surface area contributed by atoms with Crippen LogP contribution in [0.3, 0.4) is 0 Å². The van der Waals surface area contributed by atoms with Gasteiger partial charge in [-0.1, -0.05) is 61.0 Å². The summed E-state index contributed by atoms with van der Waals surface area (Å²) >= 11 is 7.87. The van der Waals surface area contributed by atoms with E-state index >= 15 is 0 Å². The lowest BCUT2D eigenvalue weighted by molar-refractivity contribution is -0.113. The predicted octanol–water partition coefficient (Wildman–Crippen LogP) is 6.09. The zero-order valence-electron chi connectivity index (χ0n) is 14.3. The molecule has 1 amide bonds. The third-order valence-electron chi connectivity index (χ3n) is 4.18. The standard InChI is InChI=1S/C21H20ClNOS/c1-3-15-8-4-7-14(2)21(15)23-19(24)13-25-18-12-6-10-16-9-5-11-17(22)20(16)18/h4-12H,3,13H2,1-2H3,(H,23,24). The van der Waals surface area contributed by atoms with E-state index in [0.717, 1.165) is 38.9 Å². The second kappa shape index (κ2) is 7.94. The van der Waals surface area contributed by atoms with Gasteiger partial charge in [0.1, 0.15) is 0 Å². The van der Waals surface area contributed by atoms with Gasteiger partial charge in [0.25, 0.3) is 0 Å². The molecular weight excluding hydrogens is 350 g/mol. The van der Waals surface area contributed by atoms with Crippen molar-refractivity contribution in [3.05, 3.63) is 70.7 Å². The van der Waals surface area contributed by atoms with Crippen molar-refractivity contribution < 1.29 is 4.79 Å². The first-order valence-corrected chi connectivity index (χ1v) is 9.65.